The van der Waals surface area contributed by atoms with Gasteiger partial charge in [-0.05, 0) is 0 Å². The van der Waals surface area contributed by atoms with Crippen LogP contribution in [0.25, 0.3) is 0 Å². The molecule has 5 N–H and O–H groups in total. The fraction of sp³-hybridized carbons (Fsp3) is 0.333. The van der Waals surface area contributed by atoms with Gasteiger partial charge in [0.1, 0.15) is 0 Å². The quantitative estimate of drug-likeness (QED) is 0.531. The van der Waals surface area contributed by atoms with Crippen molar-refractivity contribution in [3.8, 4) is 0 Å². The maximum absolute atomic E-state index is 9.92. The SMILES string of the molecule is NC(=O)CCC(N)=O.c1c[nH]nn1. The molecule has 0 radical (unpaired) electrons. The van der Waals surface area contributed by atoms with Gasteiger partial charge in [0.2, 0.25) is 11.8 Å². The van der Waals surface area contributed by atoms with Crippen molar-refractivity contribution < 1.29 is 9.59 Å². The summed E-state index contributed by atoms with van der Waals surface area (Å²) >= 11 is 0. The van der Waals surface area contributed by atoms with E-state index in [0.717, 1.165) is 0 Å². The fourth-order valence-corrected chi connectivity index (χ4v) is 0.413. The number of H-pyrrole nitrogens is 1. The zero-order valence-corrected chi connectivity index (χ0v) is 6.93. The third-order valence-corrected chi connectivity index (χ3v) is 0.949. The molecule has 0 aliphatic rings. The molecule has 0 fully saturated rings. The van der Waals surface area contributed by atoms with Crippen LogP contribution in [0.5, 0.6) is 0 Å². The fourth-order valence-electron chi connectivity index (χ4n) is 0.413. The number of nitrogens with zero attached hydrogens (tertiary/aromatic N) is 2. The number of nitrogens with one attached hydrogen (secondary N) is 1. The number of amides is 2. The van der Waals surface area contributed by atoms with Gasteiger partial charge in [-0.1, -0.05) is 5.21 Å². The smallest absolute Gasteiger partial charge is 0.217 e. The third kappa shape index (κ3) is 10.1. The second kappa shape index (κ2) is 6.77. The highest BCUT2D eigenvalue weighted by atomic mass is 16.2. The molecule has 1 rings (SSSR count). The number of aromatic nitrogens is 3. The van der Waals surface area contributed by atoms with Gasteiger partial charge in [0.15, 0.2) is 0 Å². The summed E-state index contributed by atoms with van der Waals surface area (Å²) in [5.41, 5.74) is 9.39. The van der Waals surface area contributed by atoms with Crippen LogP contribution in [-0.4, -0.2) is 27.2 Å². The van der Waals surface area contributed by atoms with Gasteiger partial charge in [-0.15, -0.1) is 5.10 Å². The van der Waals surface area contributed by atoms with E-state index in [0.29, 0.717) is 0 Å². The Morgan fingerprint density at radius 2 is 1.77 bits per heavy atom. The second-order valence-corrected chi connectivity index (χ2v) is 2.09. The molecule has 0 unspecified atom stereocenters. The number of carbonyl (C=O) groups is 2. The first kappa shape index (κ1) is 11.1. The summed E-state index contributed by atoms with van der Waals surface area (Å²) in [6, 6.07) is 0. The minimum absolute atomic E-state index is 0.0509. The van der Waals surface area contributed by atoms with E-state index in [4.69, 9.17) is 11.5 Å². The lowest BCUT2D eigenvalue weighted by Crippen LogP contribution is -2.16. The summed E-state index contributed by atoms with van der Waals surface area (Å²) < 4.78 is 0. The lowest BCUT2D eigenvalue weighted by molar-refractivity contribution is -0.123. The molecule has 0 aliphatic heterocycles. The number of nitrogens with two attached hydrogens (primary N) is 2. The van der Waals surface area contributed by atoms with Crippen molar-refractivity contribution in [1.29, 1.82) is 0 Å². The van der Waals surface area contributed by atoms with E-state index < -0.39 is 11.8 Å². The average Bonchev–Trinajstić information content (AvgIpc) is 2.57. The zero-order valence-electron chi connectivity index (χ0n) is 6.93. The van der Waals surface area contributed by atoms with E-state index in [1.54, 1.807) is 12.4 Å². The summed E-state index contributed by atoms with van der Waals surface area (Å²) in [6.45, 7) is 0. The van der Waals surface area contributed by atoms with Gasteiger partial charge in [-0.3, -0.25) is 14.7 Å². The van der Waals surface area contributed by atoms with Gasteiger partial charge < -0.3 is 11.5 Å². The average molecular weight is 185 g/mol. The van der Waals surface area contributed by atoms with Crippen LogP contribution in [0, 0.1) is 0 Å². The maximum atomic E-state index is 9.92. The highest BCUT2D eigenvalue weighted by molar-refractivity contribution is 5.81. The molecule has 1 heterocycles. The van der Waals surface area contributed by atoms with E-state index in [9.17, 15) is 9.59 Å². The Hall–Kier alpha value is -1.92. The molecule has 0 saturated heterocycles. The van der Waals surface area contributed by atoms with Crippen molar-refractivity contribution in [1.82, 2.24) is 15.4 Å². The zero-order chi connectivity index (χ0) is 10.1. The van der Waals surface area contributed by atoms with Crippen LogP contribution in [0.15, 0.2) is 12.4 Å². The van der Waals surface area contributed by atoms with E-state index in [2.05, 4.69) is 15.4 Å². The first-order chi connectivity index (χ1) is 6.13. The molecule has 0 bridgehead atoms. The predicted molar refractivity (Wildman–Crippen MR) is 44.0 cm³/mol. The van der Waals surface area contributed by atoms with Gasteiger partial charge in [-0.2, -0.15) is 0 Å². The molecule has 1 aromatic rings. The molecule has 0 spiro atoms. The van der Waals surface area contributed by atoms with E-state index in [1.165, 1.54) is 0 Å². The molecule has 0 atom stereocenters. The number of aromatic amines is 1. The second-order valence-electron chi connectivity index (χ2n) is 2.09. The van der Waals surface area contributed by atoms with Crippen molar-refractivity contribution in [2.75, 3.05) is 0 Å². The van der Waals surface area contributed by atoms with Crippen LogP contribution in [0.4, 0.5) is 0 Å². The first-order valence-corrected chi connectivity index (χ1v) is 3.50. The lowest BCUT2D eigenvalue weighted by Gasteiger charge is -1.87. The molecule has 7 nitrogen and oxygen atoms in total. The third-order valence-electron chi connectivity index (χ3n) is 0.949. The Kier molecular flexibility index (Phi) is 5.77. The van der Waals surface area contributed by atoms with Crippen molar-refractivity contribution in [2.45, 2.75) is 12.8 Å². The molecule has 2 amide bonds. The summed E-state index contributed by atoms with van der Waals surface area (Å²) in [5.74, 6) is -0.993. The van der Waals surface area contributed by atoms with Crippen LogP contribution in [0.3, 0.4) is 0 Å². The number of carbonyl (C=O) groups excluding carboxylic acids is 2. The largest absolute Gasteiger partial charge is 0.370 e. The van der Waals surface area contributed by atoms with Gasteiger partial charge >= 0.3 is 0 Å². The van der Waals surface area contributed by atoms with E-state index in [-0.39, 0.29) is 12.8 Å². The molecular formula is C6H11N5O2. The summed E-state index contributed by atoms with van der Waals surface area (Å²) in [5, 5.41) is 9.26. The predicted octanol–water partition coefficient (Wildman–Crippen LogP) is -1.46. The Morgan fingerprint density at radius 1 is 1.23 bits per heavy atom. The summed E-state index contributed by atoms with van der Waals surface area (Å²) in [6.07, 6.45) is 3.34. The highest BCUT2D eigenvalue weighted by Gasteiger charge is 1.96. The normalized spacial score (nSPS) is 8.31. The first-order valence-electron chi connectivity index (χ1n) is 3.50. The minimum Gasteiger partial charge on any atom is -0.370 e. The van der Waals surface area contributed by atoms with Crippen molar-refractivity contribution in [3.05, 3.63) is 12.4 Å². The molecule has 0 aromatic carbocycles. The van der Waals surface area contributed by atoms with Crippen molar-refractivity contribution in [2.24, 2.45) is 11.5 Å². The standard InChI is InChI=1S/C4H8N2O2.C2H3N3/c5-3(7)1-2-4(6)8;1-2-4-5-3-1/h1-2H2,(H2,5,7)(H2,6,8);1-2H,(H,3,4,5). The monoisotopic (exact) mass is 185 g/mol. The van der Waals surface area contributed by atoms with Gasteiger partial charge in [-0.25, -0.2) is 0 Å². The topological polar surface area (TPSA) is 128 Å². The van der Waals surface area contributed by atoms with E-state index >= 15 is 0 Å². The van der Waals surface area contributed by atoms with Crippen molar-refractivity contribution >= 4 is 11.8 Å². The Morgan fingerprint density at radius 3 is 1.92 bits per heavy atom. The molecule has 72 valence electrons. The Bertz CT molecular complexity index is 214. The van der Waals surface area contributed by atoms with Gasteiger partial charge in [0.05, 0.1) is 6.20 Å². The van der Waals surface area contributed by atoms with Crippen molar-refractivity contribution in [3.63, 3.8) is 0 Å². The van der Waals surface area contributed by atoms with Crippen LogP contribution in [0.2, 0.25) is 0 Å². The highest BCUT2D eigenvalue weighted by Crippen LogP contribution is 1.82. The number of hydrogen-bond acceptors (Lipinski definition) is 4. The summed E-state index contributed by atoms with van der Waals surface area (Å²) in [4.78, 5) is 19.8. The minimum atomic E-state index is -0.496. The Labute approximate surface area is 74.5 Å². The molecule has 0 aliphatic carbocycles. The summed E-state index contributed by atoms with van der Waals surface area (Å²) in [7, 11) is 0. The molecule has 0 saturated carbocycles. The van der Waals surface area contributed by atoms with Gasteiger partial charge in [0, 0.05) is 19.0 Å². The molecule has 7 heteroatoms. The van der Waals surface area contributed by atoms with E-state index in [1.807, 2.05) is 0 Å². The van der Waals surface area contributed by atoms with Crippen LogP contribution in [0.1, 0.15) is 12.8 Å². The molecule has 13 heavy (non-hydrogen) atoms. The van der Waals surface area contributed by atoms with Crippen LogP contribution in [-0.2, 0) is 9.59 Å². The maximum Gasteiger partial charge on any atom is 0.217 e. The number of primary amides is 2. The number of hydrogen-bond donors (Lipinski definition) is 3. The lowest BCUT2D eigenvalue weighted by atomic mass is 10.3. The van der Waals surface area contributed by atoms with Gasteiger partial charge in [0.25, 0.3) is 0 Å². The van der Waals surface area contributed by atoms with Crippen LogP contribution >= 0.6 is 0 Å². The van der Waals surface area contributed by atoms with Crippen LogP contribution < -0.4 is 11.5 Å². The molecule has 1 aromatic heterocycles. The Balaban J connectivity index is 0.000000243. The number of rotatable bonds is 3. The molecular weight excluding hydrogens is 174 g/mol.